The number of anilines is 1. The summed E-state index contributed by atoms with van der Waals surface area (Å²) in [4.78, 5) is 0. The van der Waals surface area contributed by atoms with Gasteiger partial charge in [-0.1, -0.05) is 49.7 Å². The molecule has 1 aliphatic heterocycles. The molecular formula is C23H26ClNO. The first kappa shape index (κ1) is 17.5. The van der Waals surface area contributed by atoms with Crippen molar-refractivity contribution in [2.75, 3.05) is 11.9 Å². The van der Waals surface area contributed by atoms with Crippen LogP contribution in [-0.2, 0) is 0 Å². The maximum absolute atomic E-state index is 6.07. The molecule has 1 aliphatic carbocycles. The third kappa shape index (κ3) is 3.48. The minimum absolute atomic E-state index is 0.312. The molecule has 2 nitrogen and oxygen atoms in total. The second kappa shape index (κ2) is 7.36. The zero-order valence-electron chi connectivity index (χ0n) is 15.4. The fourth-order valence-corrected chi connectivity index (χ4v) is 4.20. The molecule has 2 aromatic rings. The van der Waals surface area contributed by atoms with Crippen LogP contribution < -0.4 is 10.1 Å². The van der Waals surface area contributed by atoms with Crippen LogP contribution in [0.25, 0.3) is 0 Å². The Morgan fingerprint density at radius 2 is 1.96 bits per heavy atom. The third-order valence-electron chi connectivity index (χ3n) is 5.53. The highest BCUT2D eigenvalue weighted by molar-refractivity contribution is 6.30. The van der Waals surface area contributed by atoms with Crippen molar-refractivity contribution < 1.29 is 4.74 Å². The van der Waals surface area contributed by atoms with Crippen LogP contribution in [0.2, 0.25) is 5.02 Å². The molecule has 1 N–H and O–H groups in total. The first-order valence-corrected chi connectivity index (χ1v) is 9.95. The maximum Gasteiger partial charge on any atom is 0.119 e. The highest BCUT2D eigenvalue weighted by atomic mass is 35.5. The lowest BCUT2D eigenvalue weighted by molar-refractivity contribution is 0.289. The topological polar surface area (TPSA) is 21.3 Å². The van der Waals surface area contributed by atoms with E-state index < -0.39 is 0 Å². The van der Waals surface area contributed by atoms with E-state index in [1.165, 1.54) is 16.8 Å². The molecule has 0 fully saturated rings. The molecule has 0 saturated carbocycles. The number of allylic oxidation sites excluding steroid dienone is 2. The summed E-state index contributed by atoms with van der Waals surface area (Å²) in [6.45, 7) is 5.23. The highest BCUT2D eigenvalue weighted by Gasteiger charge is 2.37. The average molecular weight is 368 g/mol. The largest absolute Gasteiger partial charge is 0.494 e. The highest BCUT2D eigenvalue weighted by Crippen LogP contribution is 2.50. The van der Waals surface area contributed by atoms with Gasteiger partial charge >= 0.3 is 0 Å². The van der Waals surface area contributed by atoms with Gasteiger partial charge in [-0.25, -0.2) is 0 Å². The molecule has 3 unspecified atom stereocenters. The Kier molecular flexibility index (Phi) is 4.95. The van der Waals surface area contributed by atoms with E-state index in [2.05, 4.69) is 61.6 Å². The average Bonchev–Trinajstić information content (AvgIpc) is 3.12. The number of hydrogen-bond donors (Lipinski definition) is 1. The van der Waals surface area contributed by atoms with E-state index in [1.54, 1.807) is 0 Å². The molecule has 3 atom stereocenters. The van der Waals surface area contributed by atoms with Crippen LogP contribution in [0.1, 0.15) is 49.8 Å². The quantitative estimate of drug-likeness (QED) is 0.601. The van der Waals surface area contributed by atoms with Crippen molar-refractivity contribution in [2.24, 2.45) is 11.8 Å². The van der Waals surface area contributed by atoms with Gasteiger partial charge in [0.1, 0.15) is 5.75 Å². The Morgan fingerprint density at radius 3 is 2.73 bits per heavy atom. The zero-order valence-corrected chi connectivity index (χ0v) is 16.2. The fraction of sp³-hybridized carbons (Fsp3) is 0.391. The molecule has 0 aromatic heterocycles. The molecule has 4 rings (SSSR count). The molecule has 0 radical (unpaired) electrons. The van der Waals surface area contributed by atoms with Crippen LogP contribution in [0.4, 0.5) is 5.69 Å². The van der Waals surface area contributed by atoms with Gasteiger partial charge in [0.15, 0.2) is 0 Å². The van der Waals surface area contributed by atoms with E-state index in [0.717, 1.165) is 30.2 Å². The Balaban J connectivity index is 1.59. The number of nitrogens with one attached hydrogen (secondary N) is 1. The van der Waals surface area contributed by atoms with Gasteiger partial charge in [-0.2, -0.15) is 0 Å². The molecule has 0 bridgehead atoms. The normalized spacial score (nSPS) is 23.5. The van der Waals surface area contributed by atoms with Crippen LogP contribution in [0, 0.1) is 11.8 Å². The summed E-state index contributed by atoms with van der Waals surface area (Å²) in [6, 6.07) is 15.1. The fourth-order valence-electron chi connectivity index (χ4n) is 4.07. The Hall–Kier alpha value is -1.93. The second-order valence-electron chi connectivity index (χ2n) is 7.81. The molecule has 0 amide bonds. The molecule has 26 heavy (non-hydrogen) atoms. The summed E-state index contributed by atoms with van der Waals surface area (Å²) in [5, 5.41) is 4.55. The van der Waals surface area contributed by atoms with Crippen LogP contribution >= 0.6 is 11.6 Å². The summed E-state index contributed by atoms with van der Waals surface area (Å²) in [7, 11) is 0. The summed E-state index contributed by atoms with van der Waals surface area (Å²) < 4.78 is 5.99. The van der Waals surface area contributed by atoms with Crippen molar-refractivity contribution in [3.63, 3.8) is 0 Å². The van der Waals surface area contributed by atoms with E-state index in [0.29, 0.717) is 23.8 Å². The molecule has 1 heterocycles. The molecule has 0 spiro atoms. The zero-order chi connectivity index (χ0) is 18.1. The van der Waals surface area contributed by atoms with Gasteiger partial charge in [0.2, 0.25) is 0 Å². The van der Waals surface area contributed by atoms with Crippen molar-refractivity contribution in [3.8, 4) is 5.75 Å². The number of ether oxygens (including phenoxy) is 1. The van der Waals surface area contributed by atoms with Gasteiger partial charge in [0, 0.05) is 16.6 Å². The van der Waals surface area contributed by atoms with Crippen molar-refractivity contribution in [1.82, 2.24) is 0 Å². The molecule has 0 saturated heterocycles. The standard InChI is InChI=1S/C23H26ClNO/c1-15(2)12-13-26-18-10-11-22-21(14-18)19-4-3-5-20(19)23(25-22)16-6-8-17(24)9-7-16/h3-4,6-11,14-15,19-20,23,25H,5,12-13H2,1-2H3. The van der Waals surface area contributed by atoms with Crippen LogP contribution in [-0.4, -0.2) is 6.61 Å². The molecule has 136 valence electrons. The predicted molar refractivity (Wildman–Crippen MR) is 109 cm³/mol. The van der Waals surface area contributed by atoms with Crippen LogP contribution in [0.3, 0.4) is 0 Å². The molecular weight excluding hydrogens is 342 g/mol. The number of fused-ring (bicyclic) bond motifs is 3. The molecule has 3 heteroatoms. The maximum atomic E-state index is 6.07. The summed E-state index contributed by atoms with van der Waals surface area (Å²) in [5.41, 5.74) is 3.88. The van der Waals surface area contributed by atoms with E-state index in [-0.39, 0.29) is 0 Å². The van der Waals surface area contributed by atoms with Crippen molar-refractivity contribution in [2.45, 2.75) is 38.6 Å². The lowest BCUT2D eigenvalue weighted by Crippen LogP contribution is -2.29. The van der Waals surface area contributed by atoms with Gasteiger partial charge in [-0.3, -0.25) is 0 Å². The van der Waals surface area contributed by atoms with Gasteiger partial charge in [0.25, 0.3) is 0 Å². The lowest BCUT2D eigenvalue weighted by Gasteiger charge is -2.37. The summed E-state index contributed by atoms with van der Waals surface area (Å²) >= 11 is 6.07. The van der Waals surface area contributed by atoms with E-state index in [4.69, 9.17) is 16.3 Å². The first-order chi connectivity index (χ1) is 12.6. The van der Waals surface area contributed by atoms with Crippen molar-refractivity contribution in [1.29, 1.82) is 0 Å². The van der Waals surface area contributed by atoms with E-state index in [9.17, 15) is 0 Å². The Labute approximate surface area is 161 Å². The number of rotatable bonds is 5. The smallest absolute Gasteiger partial charge is 0.119 e. The predicted octanol–water partition coefficient (Wildman–Crippen LogP) is 6.59. The van der Waals surface area contributed by atoms with Gasteiger partial charge in [-0.15, -0.1) is 0 Å². The van der Waals surface area contributed by atoms with E-state index >= 15 is 0 Å². The minimum atomic E-state index is 0.312. The third-order valence-corrected chi connectivity index (χ3v) is 5.78. The SMILES string of the molecule is CC(C)CCOc1ccc2c(c1)C1C=CCC1C(c1ccc(Cl)cc1)N2. The van der Waals surface area contributed by atoms with E-state index in [1.807, 2.05) is 12.1 Å². The number of benzene rings is 2. The number of halogens is 1. The monoisotopic (exact) mass is 367 g/mol. The van der Waals surface area contributed by atoms with Crippen LogP contribution in [0.5, 0.6) is 5.75 Å². The van der Waals surface area contributed by atoms with Crippen molar-refractivity contribution in [3.05, 3.63) is 70.8 Å². The van der Waals surface area contributed by atoms with Gasteiger partial charge in [-0.05, 0) is 66.1 Å². The minimum Gasteiger partial charge on any atom is -0.494 e. The summed E-state index contributed by atoms with van der Waals surface area (Å²) in [5.74, 6) is 2.63. The second-order valence-corrected chi connectivity index (χ2v) is 8.24. The molecule has 2 aromatic carbocycles. The molecule has 2 aliphatic rings. The van der Waals surface area contributed by atoms with Crippen molar-refractivity contribution >= 4 is 17.3 Å². The Bertz CT molecular complexity index is 796. The first-order valence-electron chi connectivity index (χ1n) is 9.57. The van der Waals surface area contributed by atoms with Crippen LogP contribution in [0.15, 0.2) is 54.6 Å². The lowest BCUT2D eigenvalue weighted by atomic mass is 9.77. The Morgan fingerprint density at radius 1 is 1.15 bits per heavy atom. The van der Waals surface area contributed by atoms with Gasteiger partial charge in [0.05, 0.1) is 12.6 Å². The number of hydrogen-bond acceptors (Lipinski definition) is 2. The summed E-state index contributed by atoms with van der Waals surface area (Å²) in [6.07, 6.45) is 6.87. The van der Waals surface area contributed by atoms with Gasteiger partial charge < -0.3 is 10.1 Å².